The number of alkyl halides is 3. The highest BCUT2D eigenvalue weighted by molar-refractivity contribution is 5.49. The van der Waals surface area contributed by atoms with E-state index in [4.69, 9.17) is 0 Å². The highest BCUT2D eigenvalue weighted by Gasteiger charge is 2.31. The Bertz CT molecular complexity index is 813. The van der Waals surface area contributed by atoms with Gasteiger partial charge in [-0.05, 0) is 68.8 Å². The molecular formula is C23H30F3N5. The van der Waals surface area contributed by atoms with Crippen molar-refractivity contribution < 1.29 is 13.2 Å². The molecular weight excluding hydrogens is 403 g/mol. The average molecular weight is 434 g/mol. The second-order valence-electron chi connectivity index (χ2n) is 8.60. The molecule has 1 aliphatic heterocycles. The second-order valence-corrected chi connectivity index (χ2v) is 8.60. The van der Waals surface area contributed by atoms with E-state index in [0.29, 0.717) is 17.7 Å². The smallest absolute Gasteiger partial charge is 0.369 e. The first-order valence-electron chi connectivity index (χ1n) is 11.2. The van der Waals surface area contributed by atoms with Crippen molar-refractivity contribution in [1.82, 2.24) is 14.9 Å². The van der Waals surface area contributed by atoms with Gasteiger partial charge in [0.1, 0.15) is 0 Å². The van der Waals surface area contributed by atoms with Gasteiger partial charge in [0.2, 0.25) is 5.95 Å². The molecule has 2 fully saturated rings. The Morgan fingerprint density at radius 1 is 0.935 bits per heavy atom. The minimum absolute atomic E-state index is 0.453. The van der Waals surface area contributed by atoms with E-state index in [0.717, 1.165) is 57.5 Å². The van der Waals surface area contributed by atoms with Crippen molar-refractivity contribution in [2.24, 2.45) is 5.92 Å². The van der Waals surface area contributed by atoms with E-state index in [1.165, 1.54) is 31.4 Å². The van der Waals surface area contributed by atoms with E-state index in [9.17, 15) is 13.2 Å². The average Bonchev–Trinajstić information content (AvgIpc) is 2.79. The van der Waals surface area contributed by atoms with Crippen LogP contribution in [0.3, 0.4) is 0 Å². The summed E-state index contributed by atoms with van der Waals surface area (Å²) in [5.41, 5.74) is 0.0963. The molecule has 1 aromatic heterocycles. The predicted octanol–water partition coefficient (Wildman–Crippen LogP) is 4.68. The Morgan fingerprint density at radius 2 is 1.65 bits per heavy atom. The van der Waals surface area contributed by atoms with E-state index < -0.39 is 11.7 Å². The van der Waals surface area contributed by atoms with Crippen LogP contribution in [0.15, 0.2) is 42.7 Å². The third-order valence-electron chi connectivity index (χ3n) is 6.51. The quantitative estimate of drug-likeness (QED) is 0.717. The van der Waals surface area contributed by atoms with Crippen molar-refractivity contribution in [1.29, 1.82) is 0 Å². The zero-order valence-corrected chi connectivity index (χ0v) is 17.7. The zero-order chi connectivity index (χ0) is 21.7. The number of hydrogen-bond acceptors (Lipinski definition) is 5. The van der Waals surface area contributed by atoms with Crippen LogP contribution < -0.4 is 10.2 Å². The van der Waals surface area contributed by atoms with Crippen molar-refractivity contribution in [2.75, 3.05) is 42.9 Å². The summed E-state index contributed by atoms with van der Waals surface area (Å²) in [6, 6.07) is 7.95. The van der Waals surface area contributed by atoms with Crippen LogP contribution in [0.4, 0.5) is 24.8 Å². The van der Waals surface area contributed by atoms with Crippen LogP contribution in [0.1, 0.15) is 37.7 Å². The molecule has 1 N–H and O–H groups in total. The summed E-state index contributed by atoms with van der Waals surface area (Å²) < 4.78 is 38.9. The monoisotopic (exact) mass is 433 g/mol. The van der Waals surface area contributed by atoms with Crippen LogP contribution in [-0.2, 0) is 6.18 Å². The van der Waals surface area contributed by atoms with Gasteiger partial charge < -0.3 is 10.2 Å². The predicted molar refractivity (Wildman–Crippen MR) is 116 cm³/mol. The molecule has 0 radical (unpaired) electrons. The fourth-order valence-electron chi connectivity index (χ4n) is 4.63. The molecule has 0 amide bonds. The molecule has 31 heavy (non-hydrogen) atoms. The van der Waals surface area contributed by atoms with E-state index in [-0.39, 0.29) is 0 Å². The molecule has 1 aliphatic carbocycles. The summed E-state index contributed by atoms with van der Waals surface area (Å²) in [6.45, 7) is 4.42. The lowest BCUT2D eigenvalue weighted by Gasteiger charge is -2.37. The number of piperazine rings is 1. The molecule has 168 valence electrons. The summed E-state index contributed by atoms with van der Waals surface area (Å²) in [5, 5.41) is 3.43. The van der Waals surface area contributed by atoms with Gasteiger partial charge in [-0.25, -0.2) is 9.97 Å². The molecule has 1 saturated carbocycles. The minimum Gasteiger partial charge on any atom is -0.369 e. The molecule has 1 saturated heterocycles. The van der Waals surface area contributed by atoms with Crippen molar-refractivity contribution in [3.63, 3.8) is 0 Å². The zero-order valence-electron chi connectivity index (χ0n) is 17.7. The number of halogens is 3. The van der Waals surface area contributed by atoms with Crippen LogP contribution >= 0.6 is 0 Å². The molecule has 0 atom stereocenters. The molecule has 5 nitrogen and oxygen atoms in total. The van der Waals surface area contributed by atoms with Gasteiger partial charge in [0, 0.05) is 50.3 Å². The van der Waals surface area contributed by atoms with Gasteiger partial charge in [-0.3, -0.25) is 4.90 Å². The Morgan fingerprint density at radius 3 is 2.32 bits per heavy atom. The number of rotatable bonds is 6. The van der Waals surface area contributed by atoms with Crippen molar-refractivity contribution >= 4 is 11.6 Å². The molecule has 2 aliphatic rings. The number of anilines is 2. The lowest BCUT2D eigenvalue weighted by Crippen LogP contribution is -2.47. The number of nitrogens with one attached hydrogen (secondary N) is 1. The normalized spacial score (nSPS) is 23.0. The lowest BCUT2D eigenvalue weighted by atomic mass is 9.84. The van der Waals surface area contributed by atoms with Crippen LogP contribution in [0.5, 0.6) is 0 Å². The Hall–Kier alpha value is -2.35. The highest BCUT2D eigenvalue weighted by atomic mass is 19.4. The second kappa shape index (κ2) is 9.85. The number of benzene rings is 1. The number of nitrogens with zero attached hydrogens (tertiary/aromatic N) is 4. The molecule has 2 aromatic rings. The lowest BCUT2D eigenvalue weighted by molar-refractivity contribution is -0.137. The van der Waals surface area contributed by atoms with Crippen LogP contribution in [0.25, 0.3) is 0 Å². The van der Waals surface area contributed by atoms with Gasteiger partial charge in [-0.15, -0.1) is 0 Å². The third-order valence-corrected chi connectivity index (χ3v) is 6.51. The van der Waals surface area contributed by atoms with Gasteiger partial charge in [0.05, 0.1) is 5.56 Å². The minimum atomic E-state index is -4.29. The maximum absolute atomic E-state index is 13.0. The topological polar surface area (TPSA) is 44.3 Å². The summed E-state index contributed by atoms with van der Waals surface area (Å²) in [5.74, 6) is 1.46. The Kier molecular flexibility index (Phi) is 6.95. The first-order chi connectivity index (χ1) is 15.0. The molecule has 4 rings (SSSR count). The first-order valence-corrected chi connectivity index (χ1v) is 11.2. The Balaban J connectivity index is 1.17. The standard InChI is InChI=1S/C23H30F3N5/c24-23(25,26)19-3-1-4-21(17-19)31-15-13-30(14-16-31)12-9-18-5-7-20(8-6-18)29-22-27-10-2-11-28-22/h1-4,10-11,17-18,20H,5-9,12-16H2,(H,27,28,29)/t18-,20-. The first kappa shape index (κ1) is 21.9. The van der Waals surface area contributed by atoms with E-state index >= 15 is 0 Å². The third kappa shape index (κ3) is 6.09. The molecule has 8 heteroatoms. The summed E-state index contributed by atoms with van der Waals surface area (Å²) in [6.07, 6.45) is 5.14. The van der Waals surface area contributed by atoms with Gasteiger partial charge >= 0.3 is 6.18 Å². The van der Waals surface area contributed by atoms with Crippen molar-refractivity contribution in [2.45, 2.75) is 44.3 Å². The van der Waals surface area contributed by atoms with E-state index in [1.54, 1.807) is 18.5 Å². The maximum atomic E-state index is 13.0. The molecule has 0 bridgehead atoms. The number of hydrogen-bond donors (Lipinski definition) is 1. The van der Waals surface area contributed by atoms with Gasteiger partial charge in [0.25, 0.3) is 0 Å². The van der Waals surface area contributed by atoms with Gasteiger partial charge in [-0.2, -0.15) is 13.2 Å². The van der Waals surface area contributed by atoms with E-state index in [2.05, 4.69) is 25.1 Å². The molecule has 0 spiro atoms. The van der Waals surface area contributed by atoms with Gasteiger partial charge in [-0.1, -0.05) is 6.07 Å². The Labute approximate surface area is 181 Å². The summed E-state index contributed by atoms with van der Waals surface area (Å²) in [4.78, 5) is 13.0. The van der Waals surface area contributed by atoms with Gasteiger partial charge in [0.15, 0.2) is 0 Å². The molecule has 0 unspecified atom stereocenters. The maximum Gasteiger partial charge on any atom is 0.416 e. The van der Waals surface area contributed by atoms with E-state index in [1.807, 2.05) is 6.07 Å². The highest BCUT2D eigenvalue weighted by Crippen LogP contribution is 2.32. The SMILES string of the molecule is FC(F)(F)c1cccc(N2CCN(CC[C@H]3CC[C@H](Nc4ncccn4)CC3)CC2)c1. The van der Waals surface area contributed by atoms with Crippen molar-refractivity contribution in [3.05, 3.63) is 48.3 Å². The van der Waals surface area contributed by atoms with Crippen LogP contribution in [0.2, 0.25) is 0 Å². The van der Waals surface area contributed by atoms with Crippen LogP contribution in [-0.4, -0.2) is 53.6 Å². The summed E-state index contributed by atoms with van der Waals surface area (Å²) >= 11 is 0. The fourth-order valence-corrected chi connectivity index (χ4v) is 4.63. The van der Waals surface area contributed by atoms with Crippen LogP contribution in [0, 0.1) is 5.92 Å². The summed E-state index contributed by atoms with van der Waals surface area (Å²) in [7, 11) is 0. The molecule has 2 heterocycles. The molecule has 1 aromatic carbocycles. The van der Waals surface area contributed by atoms with Crippen molar-refractivity contribution in [3.8, 4) is 0 Å². The largest absolute Gasteiger partial charge is 0.416 e. The number of aromatic nitrogens is 2. The fraction of sp³-hybridized carbons (Fsp3) is 0.565.